The van der Waals surface area contributed by atoms with Crippen molar-refractivity contribution in [2.24, 2.45) is 0 Å². The summed E-state index contributed by atoms with van der Waals surface area (Å²) in [4.78, 5) is 4.25. The highest BCUT2D eigenvalue weighted by Gasteiger charge is 2.15. The van der Waals surface area contributed by atoms with Crippen LogP contribution < -0.4 is 4.72 Å². The number of aromatic nitrogens is 2. The van der Waals surface area contributed by atoms with Gasteiger partial charge in [0.25, 0.3) is 0 Å². The van der Waals surface area contributed by atoms with E-state index in [9.17, 15) is 8.42 Å². The third kappa shape index (κ3) is 3.65. The lowest BCUT2D eigenvalue weighted by atomic mass is 10.2. The third-order valence-electron chi connectivity index (χ3n) is 2.64. The first kappa shape index (κ1) is 15.1. The predicted octanol–water partition coefficient (Wildman–Crippen LogP) is 1.97. The van der Waals surface area contributed by atoms with E-state index in [0.29, 0.717) is 18.1 Å². The second kappa shape index (κ2) is 6.02. The van der Waals surface area contributed by atoms with Crippen LogP contribution in [0.4, 0.5) is 0 Å². The molecule has 108 valence electrons. The van der Waals surface area contributed by atoms with Gasteiger partial charge in [-0.15, -0.1) is 0 Å². The molecule has 0 aliphatic carbocycles. The number of rotatable bonds is 5. The van der Waals surface area contributed by atoms with Gasteiger partial charge >= 0.3 is 0 Å². The van der Waals surface area contributed by atoms with Crippen LogP contribution in [0.5, 0.6) is 0 Å². The van der Waals surface area contributed by atoms with E-state index in [0.717, 1.165) is 10.0 Å². The summed E-state index contributed by atoms with van der Waals surface area (Å²) in [7, 11) is -3.52. The number of nitrogens with zero attached hydrogens (tertiary/aromatic N) is 2. The lowest BCUT2D eigenvalue weighted by Crippen LogP contribution is -2.26. The Morgan fingerprint density at radius 3 is 2.70 bits per heavy atom. The molecule has 1 heterocycles. The molecule has 0 amide bonds. The standard InChI is InChI=1S/C12H14BrN3O3S/c1-8-7-10(3-4-11(8)13)20(17,18)14-6-5-12-15-9(2)16-19-12/h3-4,7,14H,5-6H2,1-2H3. The quantitative estimate of drug-likeness (QED) is 0.881. The lowest BCUT2D eigenvalue weighted by molar-refractivity contribution is 0.375. The van der Waals surface area contributed by atoms with Gasteiger partial charge in [-0.3, -0.25) is 0 Å². The summed E-state index contributed by atoms with van der Waals surface area (Å²) in [6.45, 7) is 3.76. The summed E-state index contributed by atoms with van der Waals surface area (Å²) in [6, 6.07) is 4.88. The third-order valence-corrected chi connectivity index (χ3v) is 4.99. The van der Waals surface area contributed by atoms with Gasteiger partial charge in [-0.2, -0.15) is 4.98 Å². The number of benzene rings is 1. The molecule has 6 nitrogen and oxygen atoms in total. The van der Waals surface area contributed by atoms with Crippen molar-refractivity contribution in [2.75, 3.05) is 6.54 Å². The lowest BCUT2D eigenvalue weighted by Gasteiger charge is -2.07. The predicted molar refractivity (Wildman–Crippen MR) is 76.8 cm³/mol. The Balaban J connectivity index is 2.02. The Bertz CT molecular complexity index is 712. The van der Waals surface area contributed by atoms with E-state index in [2.05, 4.69) is 30.8 Å². The molecule has 0 bridgehead atoms. The molecular formula is C12H14BrN3O3S. The average Bonchev–Trinajstić information content (AvgIpc) is 2.78. The zero-order valence-corrected chi connectivity index (χ0v) is 13.5. The molecule has 1 aromatic heterocycles. The van der Waals surface area contributed by atoms with Crippen LogP contribution in [0.15, 0.2) is 32.1 Å². The van der Waals surface area contributed by atoms with E-state index in [-0.39, 0.29) is 11.4 Å². The van der Waals surface area contributed by atoms with Crippen molar-refractivity contribution in [2.45, 2.75) is 25.2 Å². The molecule has 0 unspecified atom stereocenters. The second-order valence-electron chi connectivity index (χ2n) is 4.29. The Morgan fingerprint density at radius 2 is 2.10 bits per heavy atom. The molecule has 0 aliphatic heterocycles. The smallest absolute Gasteiger partial charge is 0.240 e. The van der Waals surface area contributed by atoms with Crippen molar-refractivity contribution in [1.82, 2.24) is 14.9 Å². The fourth-order valence-corrected chi connectivity index (χ4v) is 2.96. The number of aryl methyl sites for hydroxylation is 2. The van der Waals surface area contributed by atoms with Crippen molar-refractivity contribution in [3.63, 3.8) is 0 Å². The van der Waals surface area contributed by atoms with Crippen molar-refractivity contribution in [3.8, 4) is 0 Å². The molecule has 0 saturated heterocycles. The monoisotopic (exact) mass is 359 g/mol. The SMILES string of the molecule is Cc1noc(CCNS(=O)(=O)c2ccc(Br)c(C)c2)n1. The van der Waals surface area contributed by atoms with Gasteiger partial charge in [0.1, 0.15) is 0 Å². The van der Waals surface area contributed by atoms with Gasteiger partial charge in [0.05, 0.1) is 4.90 Å². The molecule has 2 aromatic rings. The number of hydrogen-bond acceptors (Lipinski definition) is 5. The zero-order valence-electron chi connectivity index (χ0n) is 11.1. The topological polar surface area (TPSA) is 85.1 Å². The minimum absolute atomic E-state index is 0.207. The molecule has 1 N–H and O–H groups in total. The van der Waals surface area contributed by atoms with E-state index in [1.165, 1.54) is 0 Å². The largest absolute Gasteiger partial charge is 0.339 e. The molecule has 2 rings (SSSR count). The van der Waals surface area contributed by atoms with Crippen LogP contribution in [-0.4, -0.2) is 25.1 Å². The molecule has 8 heteroatoms. The van der Waals surface area contributed by atoms with Crippen molar-refractivity contribution in [1.29, 1.82) is 0 Å². The number of sulfonamides is 1. The summed E-state index contributed by atoms with van der Waals surface area (Å²) >= 11 is 3.34. The highest BCUT2D eigenvalue weighted by Crippen LogP contribution is 2.19. The molecule has 0 fully saturated rings. The summed E-state index contributed by atoms with van der Waals surface area (Å²) in [6.07, 6.45) is 0.357. The van der Waals surface area contributed by atoms with E-state index in [4.69, 9.17) is 4.52 Å². The molecular weight excluding hydrogens is 346 g/mol. The molecule has 0 spiro atoms. The van der Waals surface area contributed by atoms with Crippen LogP contribution in [0.2, 0.25) is 0 Å². The average molecular weight is 360 g/mol. The first-order valence-corrected chi connectivity index (χ1v) is 8.21. The van der Waals surface area contributed by atoms with Gasteiger partial charge < -0.3 is 4.52 Å². The fourth-order valence-electron chi connectivity index (χ4n) is 1.60. The van der Waals surface area contributed by atoms with Crippen LogP contribution in [0.3, 0.4) is 0 Å². The zero-order chi connectivity index (χ0) is 14.8. The van der Waals surface area contributed by atoms with E-state index in [1.807, 2.05) is 6.92 Å². The minimum atomic E-state index is -3.52. The van der Waals surface area contributed by atoms with Gasteiger partial charge in [0.15, 0.2) is 5.82 Å². The van der Waals surface area contributed by atoms with E-state index < -0.39 is 10.0 Å². The van der Waals surface area contributed by atoms with Crippen LogP contribution in [0.25, 0.3) is 0 Å². The van der Waals surface area contributed by atoms with Crippen molar-refractivity contribution < 1.29 is 12.9 Å². The summed E-state index contributed by atoms with van der Waals surface area (Å²) in [5.74, 6) is 0.948. The number of nitrogens with one attached hydrogen (secondary N) is 1. The first-order chi connectivity index (χ1) is 9.38. The Morgan fingerprint density at radius 1 is 1.35 bits per heavy atom. The normalized spacial score (nSPS) is 11.8. The maximum atomic E-state index is 12.1. The molecule has 0 saturated carbocycles. The number of hydrogen-bond donors (Lipinski definition) is 1. The highest BCUT2D eigenvalue weighted by atomic mass is 79.9. The van der Waals surface area contributed by atoms with Crippen LogP contribution in [0, 0.1) is 13.8 Å². The summed E-state index contributed by atoms with van der Waals surface area (Å²) < 4.78 is 32.5. The number of halogens is 1. The molecule has 0 aliphatic rings. The maximum Gasteiger partial charge on any atom is 0.240 e. The van der Waals surface area contributed by atoms with Gasteiger partial charge in [0, 0.05) is 17.4 Å². The van der Waals surface area contributed by atoms with Crippen LogP contribution in [-0.2, 0) is 16.4 Å². The fraction of sp³-hybridized carbons (Fsp3) is 0.333. The van der Waals surface area contributed by atoms with E-state index >= 15 is 0 Å². The van der Waals surface area contributed by atoms with Gasteiger partial charge in [-0.25, -0.2) is 13.1 Å². The highest BCUT2D eigenvalue weighted by molar-refractivity contribution is 9.10. The van der Waals surface area contributed by atoms with Gasteiger partial charge in [-0.05, 0) is 37.6 Å². The second-order valence-corrected chi connectivity index (χ2v) is 6.92. The van der Waals surface area contributed by atoms with Crippen LogP contribution >= 0.6 is 15.9 Å². The maximum absolute atomic E-state index is 12.1. The Labute approximate surface area is 125 Å². The molecule has 0 radical (unpaired) electrons. The van der Waals surface area contributed by atoms with Crippen molar-refractivity contribution >= 4 is 26.0 Å². The Hall–Kier alpha value is -1.25. The summed E-state index contributed by atoms with van der Waals surface area (Å²) in [5.41, 5.74) is 0.861. The molecule has 20 heavy (non-hydrogen) atoms. The van der Waals surface area contributed by atoms with Gasteiger partial charge in [0.2, 0.25) is 15.9 Å². The van der Waals surface area contributed by atoms with E-state index in [1.54, 1.807) is 25.1 Å². The van der Waals surface area contributed by atoms with Crippen molar-refractivity contribution in [3.05, 3.63) is 40.0 Å². The minimum Gasteiger partial charge on any atom is -0.339 e. The van der Waals surface area contributed by atoms with Gasteiger partial charge in [-0.1, -0.05) is 21.1 Å². The molecule has 0 atom stereocenters. The van der Waals surface area contributed by atoms with Crippen LogP contribution in [0.1, 0.15) is 17.3 Å². The molecule has 1 aromatic carbocycles. The first-order valence-electron chi connectivity index (χ1n) is 5.93. The Kier molecular flexibility index (Phi) is 4.56. The summed E-state index contributed by atoms with van der Waals surface area (Å²) in [5, 5.41) is 3.64.